The van der Waals surface area contributed by atoms with Gasteiger partial charge < -0.3 is 15.2 Å². The van der Waals surface area contributed by atoms with Crippen LogP contribution >= 0.6 is 0 Å². The van der Waals surface area contributed by atoms with Gasteiger partial charge in [0.05, 0.1) is 0 Å². The van der Waals surface area contributed by atoms with E-state index in [2.05, 4.69) is 5.32 Å². The van der Waals surface area contributed by atoms with Crippen LogP contribution in [-0.2, 0) is 16.0 Å². The molecule has 1 aliphatic heterocycles. The van der Waals surface area contributed by atoms with Gasteiger partial charge in [0.15, 0.2) is 11.9 Å². The molecule has 2 N–H and O–H groups in total. The summed E-state index contributed by atoms with van der Waals surface area (Å²) in [6.45, 7) is 0. The number of ether oxygens (including phenoxy) is 1. The van der Waals surface area contributed by atoms with Crippen molar-refractivity contribution in [2.24, 2.45) is 0 Å². The average molecular weight is 229 g/mol. The molecule has 0 radical (unpaired) electrons. The standard InChI is InChI=1S/C11H11NO3.Na.H/c13-7-9-11(14)15-10(12-9)6-8-4-2-1-3-5-8;;/h1-5,7,10,12-13H,6H2;;/b9-7+;;. The SMILES string of the molecule is O=C1OC(Cc2ccccc2)N/C1=C/O.[NaH]. The molecule has 1 aromatic carbocycles. The average Bonchev–Trinajstić information content (AvgIpc) is 2.60. The molecule has 0 aliphatic carbocycles. The fourth-order valence-electron chi connectivity index (χ4n) is 1.47. The third-order valence-electron chi connectivity index (χ3n) is 2.18. The molecule has 2 rings (SSSR count). The Kier molecular flexibility index (Phi) is 4.86. The molecule has 16 heavy (non-hydrogen) atoms. The minimum atomic E-state index is -0.515. The van der Waals surface area contributed by atoms with Crippen LogP contribution in [0.3, 0.4) is 0 Å². The molecule has 0 amide bonds. The molecular weight excluding hydrogens is 217 g/mol. The number of carbonyl (C=O) groups excluding carboxylic acids is 1. The zero-order valence-corrected chi connectivity index (χ0v) is 8.01. The van der Waals surface area contributed by atoms with Gasteiger partial charge >= 0.3 is 35.5 Å². The molecule has 1 saturated heterocycles. The normalized spacial score (nSPS) is 21.1. The molecule has 1 heterocycles. The number of hydrogen-bond acceptors (Lipinski definition) is 4. The summed E-state index contributed by atoms with van der Waals surface area (Å²) in [5.74, 6) is -0.515. The number of benzene rings is 1. The molecule has 0 aromatic heterocycles. The number of carbonyl (C=O) groups is 1. The third kappa shape index (κ3) is 3.01. The predicted molar refractivity (Wildman–Crippen MR) is 61.0 cm³/mol. The fourth-order valence-corrected chi connectivity index (χ4v) is 1.47. The quantitative estimate of drug-likeness (QED) is 0.334. The summed E-state index contributed by atoms with van der Waals surface area (Å²) in [5, 5.41) is 11.5. The van der Waals surface area contributed by atoms with E-state index in [1.807, 2.05) is 30.3 Å². The second kappa shape index (κ2) is 5.94. The van der Waals surface area contributed by atoms with Gasteiger partial charge in [-0.05, 0) is 5.56 Å². The number of cyclic esters (lactones) is 1. The van der Waals surface area contributed by atoms with Crippen molar-refractivity contribution in [2.45, 2.75) is 12.6 Å². The van der Waals surface area contributed by atoms with Crippen LogP contribution in [0.1, 0.15) is 5.56 Å². The molecule has 0 bridgehead atoms. The second-order valence-corrected chi connectivity index (χ2v) is 3.27. The summed E-state index contributed by atoms with van der Waals surface area (Å²) in [6, 6.07) is 9.69. The van der Waals surface area contributed by atoms with Crippen LogP contribution in [0.2, 0.25) is 0 Å². The van der Waals surface area contributed by atoms with Crippen LogP contribution in [0.25, 0.3) is 0 Å². The summed E-state index contributed by atoms with van der Waals surface area (Å²) < 4.78 is 4.99. The molecule has 1 aromatic rings. The predicted octanol–water partition coefficient (Wildman–Crippen LogP) is 0.452. The van der Waals surface area contributed by atoms with Crippen molar-refractivity contribution in [1.29, 1.82) is 0 Å². The number of hydrogen-bond donors (Lipinski definition) is 2. The Morgan fingerprint density at radius 1 is 1.38 bits per heavy atom. The first-order chi connectivity index (χ1) is 7.29. The third-order valence-corrected chi connectivity index (χ3v) is 2.18. The van der Waals surface area contributed by atoms with E-state index in [9.17, 15) is 4.79 Å². The van der Waals surface area contributed by atoms with Gasteiger partial charge in [-0.15, -0.1) is 0 Å². The minimum absolute atomic E-state index is 0. The fraction of sp³-hybridized carbons (Fsp3) is 0.182. The van der Waals surface area contributed by atoms with Crippen molar-refractivity contribution >= 4 is 35.5 Å². The Balaban J connectivity index is 0.00000128. The van der Waals surface area contributed by atoms with Gasteiger partial charge in [-0.25, -0.2) is 4.79 Å². The number of rotatable bonds is 2. The van der Waals surface area contributed by atoms with Gasteiger partial charge in [0.1, 0.15) is 6.26 Å². The Morgan fingerprint density at radius 2 is 2.06 bits per heavy atom. The molecule has 4 nitrogen and oxygen atoms in total. The summed E-state index contributed by atoms with van der Waals surface area (Å²) in [6.07, 6.45) is 0.926. The van der Waals surface area contributed by atoms with Crippen LogP contribution < -0.4 is 5.32 Å². The molecule has 0 saturated carbocycles. The Morgan fingerprint density at radius 3 is 2.62 bits per heavy atom. The van der Waals surface area contributed by atoms with Crippen molar-refractivity contribution in [3.05, 3.63) is 47.9 Å². The monoisotopic (exact) mass is 229 g/mol. The van der Waals surface area contributed by atoms with Crippen LogP contribution in [0, 0.1) is 0 Å². The molecular formula is C11H12NNaO3. The number of nitrogens with one attached hydrogen (secondary N) is 1. The van der Waals surface area contributed by atoms with Crippen molar-refractivity contribution in [3.8, 4) is 0 Å². The summed E-state index contributed by atoms with van der Waals surface area (Å²) >= 11 is 0. The van der Waals surface area contributed by atoms with Crippen molar-refractivity contribution in [2.75, 3.05) is 0 Å². The van der Waals surface area contributed by atoms with E-state index in [0.29, 0.717) is 6.42 Å². The van der Waals surface area contributed by atoms with Crippen molar-refractivity contribution in [3.63, 3.8) is 0 Å². The van der Waals surface area contributed by atoms with E-state index < -0.39 is 12.2 Å². The van der Waals surface area contributed by atoms with Crippen LogP contribution in [0.15, 0.2) is 42.3 Å². The molecule has 1 atom stereocenters. The molecule has 1 fully saturated rings. The summed E-state index contributed by atoms with van der Waals surface area (Å²) in [7, 11) is 0. The zero-order valence-electron chi connectivity index (χ0n) is 8.01. The van der Waals surface area contributed by atoms with E-state index in [4.69, 9.17) is 9.84 Å². The first kappa shape index (κ1) is 13.1. The Bertz CT molecular complexity index is 391. The molecule has 1 aliphatic rings. The molecule has 5 heteroatoms. The second-order valence-electron chi connectivity index (χ2n) is 3.27. The van der Waals surface area contributed by atoms with Crippen molar-refractivity contribution < 1.29 is 14.6 Å². The first-order valence-corrected chi connectivity index (χ1v) is 4.65. The number of aliphatic hydroxyl groups excluding tert-OH is 1. The molecule has 80 valence electrons. The van der Waals surface area contributed by atoms with Gasteiger partial charge in [-0.3, -0.25) is 0 Å². The number of esters is 1. The van der Waals surface area contributed by atoms with E-state index in [0.717, 1.165) is 11.8 Å². The van der Waals surface area contributed by atoms with Crippen LogP contribution in [0.4, 0.5) is 0 Å². The molecule has 0 spiro atoms. The van der Waals surface area contributed by atoms with Gasteiger partial charge in [0.25, 0.3) is 0 Å². The van der Waals surface area contributed by atoms with E-state index in [-0.39, 0.29) is 35.3 Å². The summed E-state index contributed by atoms with van der Waals surface area (Å²) in [4.78, 5) is 11.1. The Labute approximate surface area is 116 Å². The van der Waals surface area contributed by atoms with Gasteiger partial charge in [0.2, 0.25) is 0 Å². The zero-order chi connectivity index (χ0) is 10.7. The van der Waals surface area contributed by atoms with Crippen molar-refractivity contribution in [1.82, 2.24) is 5.32 Å². The van der Waals surface area contributed by atoms with Crippen LogP contribution in [0.5, 0.6) is 0 Å². The van der Waals surface area contributed by atoms with Crippen LogP contribution in [-0.4, -0.2) is 46.9 Å². The van der Waals surface area contributed by atoms with Gasteiger partial charge in [0, 0.05) is 6.42 Å². The van der Waals surface area contributed by atoms with E-state index in [1.54, 1.807) is 0 Å². The Hall–Kier alpha value is -0.970. The van der Waals surface area contributed by atoms with E-state index >= 15 is 0 Å². The maximum absolute atomic E-state index is 11.1. The first-order valence-electron chi connectivity index (χ1n) is 4.65. The van der Waals surface area contributed by atoms with E-state index in [1.165, 1.54) is 0 Å². The topological polar surface area (TPSA) is 58.6 Å². The van der Waals surface area contributed by atoms with Gasteiger partial charge in [-0.1, -0.05) is 30.3 Å². The molecule has 1 unspecified atom stereocenters. The summed E-state index contributed by atoms with van der Waals surface area (Å²) in [5.41, 5.74) is 1.18. The number of aliphatic hydroxyl groups is 1. The maximum atomic E-state index is 11.1. The van der Waals surface area contributed by atoms with Gasteiger partial charge in [-0.2, -0.15) is 0 Å².